The van der Waals surface area contributed by atoms with Gasteiger partial charge in [0.25, 0.3) is 0 Å². The molecule has 1 unspecified atom stereocenters. The summed E-state index contributed by atoms with van der Waals surface area (Å²) in [6.45, 7) is 0. The first-order chi connectivity index (χ1) is 8.54. The maximum atomic E-state index is 11.5. The van der Waals surface area contributed by atoms with Gasteiger partial charge < -0.3 is 14.8 Å². The standard InChI is InChI=1S/C10H17NO5S2/c1-15-9(13)6-18-5-8(12)11-7(3-4-17)10(14)16-2/h7,17H,3-6H2,1-2H3,(H,11,12). The van der Waals surface area contributed by atoms with Crippen LogP contribution < -0.4 is 5.32 Å². The summed E-state index contributed by atoms with van der Waals surface area (Å²) in [5, 5.41) is 2.53. The van der Waals surface area contributed by atoms with E-state index >= 15 is 0 Å². The molecule has 0 heterocycles. The fraction of sp³-hybridized carbons (Fsp3) is 0.700. The second kappa shape index (κ2) is 10.1. The molecule has 0 saturated heterocycles. The first-order valence-electron chi connectivity index (χ1n) is 5.17. The molecule has 0 fully saturated rings. The van der Waals surface area contributed by atoms with Gasteiger partial charge in [-0.2, -0.15) is 12.6 Å². The summed E-state index contributed by atoms with van der Waals surface area (Å²) in [7, 11) is 2.54. The number of hydrogen-bond acceptors (Lipinski definition) is 7. The van der Waals surface area contributed by atoms with Crippen LogP contribution in [-0.4, -0.2) is 55.4 Å². The number of carbonyl (C=O) groups is 3. The third-order valence-corrected chi connectivity index (χ3v) is 3.08. The molecule has 18 heavy (non-hydrogen) atoms. The Hall–Kier alpha value is -0.890. The number of methoxy groups -OCH3 is 2. The Bertz CT molecular complexity index is 298. The van der Waals surface area contributed by atoms with Crippen LogP contribution in [0.3, 0.4) is 0 Å². The molecule has 104 valence electrons. The van der Waals surface area contributed by atoms with Gasteiger partial charge in [0.1, 0.15) is 6.04 Å². The molecule has 0 rings (SSSR count). The minimum atomic E-state index is -0.696. The number of carbonyl (C=O) groups excluding carboxylic acids is 3. The predicted molar refractivity (Wildman–Crippen MR) is 71.8 cm³/mol. The van der Waals surface area contributed by atoms with Crippen molar-refractivity contribution in [3.05, 3.63) is 0 Å². The van der Waals surface area contributed by atoms with Gasteiger partial charge in [-0.05, 0) is 12.2 Å². The van der Waals surface area contributed by atoms with Gasteiger partial charge in [-0.15, -0.1) is 11.8 Å². The zero-order valence-corrected chi connectivity index (χ0v) is 12.0. The third-order valence-electron chi connectivity index (χ3n) is 1.92. The summed E-state index contributed by atoms with van der Waals surface area (Å²) < 4.78 is 8.99. The lowest BCUT2D eigenvalue weighted by Gasteiger charge is -2.15. The first kappa shape index (κ1) is 17.1. The summed E-state index contributed by atoms with van der Waals surface area (Å²) in [5.41, 5.74) is 0. The number of rotatable bonds is 8. The van der Waals surface area contributed by atoms with Crippen LogP contribution in [0.5, 0.6) is 0 Å². The van der Waals surface area contributed by atoms with Crippen molar-refractivity contribution in [2.45, 2.75) is 12.5 Å². The van der Waals surface area contributed by atoms with Gasteiger partial charge in [0, 0.05) is 0 Å². The van der Waals surface area contributed by atoms with Gasteiger partial charge >= 0.3 is 11.9 Å². The van der Waals surface area contributed by atoms with Crippen LogP contribution in [0.1, 0.15) is 6.42 Å². The summed E-state index contributed by atoms with van der Waals surface area (Å²) in [6.07, 6.45) is 0.392. The monoisotopic (exact) mass is 295 g/mol. The molecular formula is C10H17NO5S2. The maximum absolute atomic E-state index is 11.5. The Balaban J connectivity index is 4.02. The second-order valence-electron chi connectivity index (χ2n) is 3.22. The van der Waals surface area contributed by atoms with Crippen LogP contribution in [0, 0.1) is 0 Å². The zero-order valence-electron chi connectivity index (χ0n) is 10.3. The fourth-order valence-corrected chi connectivity index (χ4v) is 1.96. The average Bonchev–Trinajstić information content (AvgIpc) is 2.37. The molecule has 6 nitrogen and oxygen atoms in total. The lowest BCUT2D eigenvalue weighted by Crippen LogP contribution is -2.42. The van der Waals surface area contributed by atoms with Crippen LogP contribution in [-0.2, 0) is 23.9 Å². The van der Waals surface area contributed by atoms with Crippen molar-refractivity contribution in [2.75, 3.05) is 31.5 Å². The minimum Gasteiger partial charge on any atom is -0.468 e. The molecule has 0 spiro atoms. The Labute approximate surface area is 116 Å². The number of thioether (sulfide) groups is 1. The van der Waals surface area contributed by atoms with E-state index in [4.69, 9.17) is 0 Å². The van der Waals surface area contributed by atoms with E-state index in [2.05, 4.69) is 27.4 Å². The van der Waals surface area contributed by atoms with Gasteiger partial charge in [0.2, 0.25) is 5.91 Å². The van der Waals surface area contributed by atoms with Crippen LogP contribution in [0.25, 0.3) is 0 Å². The number of hydrogen-bond donors (Lipinski definition) is 2. The van der Waals surface area contributed by atoms with Gasteiger partial charge in [-0.25, -0.2) is 4.79 Å². The number of thiol groups is 1. The van der Waals surface area contributed by atoms with Gasteiger partial charge in [0.15, 0.2) is 0 Å². The SMILES string of the molecule is COC(=O)CSCC(=O)NC(CCS)C(=O)OC. The highest BCUT2D eigenvalue weighted by Crippen LogP contribution is 2.02. The molecule has 0 aliphatic rings. The van der Waals surface area contributed by atoms with Crippen molar-refractivity contribution in [1.82, 2.24) is 5.32 Å². The van der Waals surface area contributed by atoms with E-state index in [0.717, 1.165) is 11.8 Å². The summed E-state index contributed by atoms with van der Waals surface area (Å²) in [5.74, 6) is -0.603. The summed E-state index contributed by atoms with van der Waals surface area (Å²) in [6, 6.07) is -0.696. The zero-order chi connectivity index (χ0) is 14.0. The molecule has 0 saturated carbocycles. The Morgan fingerprint density at radius 2 is 1.89 bits per heavy atom. The summed E-state index contributed by atoms with van der Waals surface area (Å²) >= 11 is 5.12. The first-order valence-corrected chi connectivity index (χ1v) is 6.96. The Kier molecular flexibility index (Phi) is 9.57. The average molecular weight is 295 g/mol. The molecule has 1 atom stereocenters. The Morgan fingerprint density at radius 3 is 2.39 bits per heavy atom. The van der Waals surface area contributed by atoms with Crippen molar-refractivity contribution in [3.8, 4) is 0 Å². The fourth-order valence-electron chi connectivity index (χ4n) is 1.04. The van der Waals surface area contributed by atoms with Gasteiger partial charge in [-0.3, -0.25) is 9.59 Å². The minimum absolute atomic E-state index is 0.0785. The van der Waals surface area contributed by atoms with Crippen LogP contribution in [0.2, 0.25) is 0 Å². The van der Waals surface area contributed by atoms with E-state index in [1.54, 1.807) is 0 Å². The molecule has 0 aromatic heterocycles. The topological polar surface area (TPSA) is 81.7 Å². The van der Waals surface area contributed by atoms with E-state index in [1.165, 1.54) is 14.2 Å². The molecule has 0 aromatic carbocycles. The van der Waals surface area contributed by atoms with E-state index < -0.39 is 18.0 Å². The van der Waals surface area contributed by atoms with Gasteiger partial charge in [0.05, 0.1) is 25.7 Å². The van der Waals surface area contributed by atoms with E-state index in [1.807, 2.05) is 0 Å². The molecule has 1 amide bonds. The Morgan fingerprint density at radius 1 is 1.22 bits per heavy atom. The number of amides is 1. The van der Waals surface area contributed by atoms with Crippen molar-refractivity contribution < 1.29 is 23.9 Å². The lowest BCUT2D eigenvalue weighted by molar-refractivity contribution is -0.144. The molecule has 1 N–H and O–H groups in total. The van der Waals surface area contributed by atoms with Crippen molar-refractivity contribution in [3.63, 3.8) is 0 Å². The molecule has 0 aromatic rings. The van der Waals surface area contributed by atoms with Crippen LogP contribution in [0.15, 0.2) is 0 Å². The normalized spacial score (nSPS) is 11.5. The van der Waals surface area contributed by atoms with E-state index in [9.17, 15) is 14.4 Å². The van der Waals surface area contributed by atoms with E-state index in [0.29, 0.717) is 12.2 Å². The number of esters is 2. The quantitative estimate of drug-likeness (QED) is 0.479. The smallest absolute Gasteiger partial charge is 0.328 e. The predicted octanol–water partition coefficient (Wildman–Crippen LogP) is -0.130. The van der Waals surface area contributed by atoms with Crippen LogP contribution in [0.4, 0.5) is 0 Å². The van der Waals surface area contributed by atoms with Gasteiger partial charge in [-0.1, -0.05) is 0 Å². The summed E-state index contributed by atoms with van der Waals surface area (Å²) in [4.78, 5) is 33.6. The van der Waals surface area contributed by atoms with E-state index in [-0.39, 0.29) is 17.4 Å². The number of nitrogens with one attached hydrogen (secondary N) is 1. The maximum Gasteiger partial charge on any atom is 0.328 e. The highest BCUT2D eigenvalue weighted by Gasteiger charge is 2.20. The van der Waals surface area contributed by atoms with Crippen molar-refractivity contribution >= 4 is 42.2 Å². The highest BCUT2D eigenvalue weighted by molar-refractivity contribution is 8.00. The molecule has 0 radical (unpaired) electrons. The molecule has 0 aliphatic heterocycles. The van der Waals surface area contributed by atoms with Crippen LogP contribution >= 0.6 is 24.4 Å². The van der Waals surface area contributed by atoms with Crippen molar-refractivity contribution in [1.29, 1.82) is 0 Å². The van der Waals surface area contributed by atoms with Crippen molar-refractivity contribution in [2.24, 2.45) is 0 Å². The lowest BCUT2D eigenvalue weighted by atomic mass is 10.2. The highest BCUT2D eigenvalue weighted by atomic mass is 32.2. The number of ether oxygens (including phenoxy) is 2. The largest absolute Gasteiger partial charge is 0.468 e. The second-order valence-corrected chi connectivity index (χ2v) is 4.66. The molecule has 0 aliphatic carbocycles. The third kappa shape index (κ3) is 7.44. The molecule has 0 bridgehead atoms. The molecular weight excluding hydrogens is 278 g/mol. The molecule has 8 heteroatoms.